The van der Waals surface area contributed by atoms with E-state index in [0.29, 0.717) is 18.7 Å². The summed E-state index contributed by atoms with van der Waals surface area (Å²) in [6.45, 7) is 4.44. The second-order valence-corrected chi connectivity index (χ2v) is 8.61. The summed E-state index contributed by atoms with van der Waals surface area (Å²) >= 11 is 1.71. The summed E-state index contributed by atoms with van der Waals surface area (Å²) in [6.07, 6.45) is 2.94. The minimum Gasteiger partial charge on any atom is -0.467 e. The molecule has 2 aliphatic heterocycles. The zero-order valence-electron chi connectivity index (χ0n) is 15.0. The lowest BCUT2D eigenvalue weighted by atomic mass is 10.1. The average Bonchev–Trinajstić information content (AvgIpc) is 3.32. The molecule has 136 valence electrons. The van der Waals surface area contributed by atoms with Crippen LogP contribution in [-0.2, 0) is 16.1 Å². The molecule has 0 aliphatic carbocycles. The van der Waals surface area contributed by atoms with Gasteiger partial charge in [-0.1, -0.05) is 17.7 Å². The Bertz CT molecular complexity index is 818. The highest BCUT2D eigenvalue weighted by Crippen LogP contribution is 2.47. The molecule has 0 bridgehead atoms. The topological polar surface area (TPSA) is 53.8 Å². The van der Waals surface area contributed by atoms with Crippen LogP contribution in [0.2, 0.25) is 0 Å². The second kappa shape index (κ2) is 6.50. The largest absolute Gasteiger partial charge is 0.467 e. The quantitative estimate of drug-likeness (QED) is 0.826. The van der Waals surface area contributed by atoms with Gasteiger partial charge in [0.05, 0.1) is 17.7 Å². The molecular weight excluding hydrogens is 348 g/mol. The number of furan rings is 1. The standard InChI is InChI=1S/C20H22N2O3S/c1-14-5-7-15(8-6-14)21(12-16-4-3-11-25-16)19(24)17-13-26-20(2)10-9-18(23)22(17)20/h3-8,11,17H,9-10,12-13H2,1-2H3/t17-,20+/m1/s1. The van der Waals surface area contributed by atoms with Crippen LogP contribution in [0.3, 0.4) is 0 Å². The van der Waals surface area contributed by atoms with Gasteiger partial charge in [-0.15, -0.1) is 11.8 Å². The van der Waals surface area contributed by atoms with E-state index in [4.69, 9.17) is 4.42 Å². The molecule has 26 heavy (non-hydrogen) atoms. The Balaban J connectivity index is 1.66. The molecule has 2 atom stereocenters. The van der Waals surface area contributed by atoms with Gasteiger partial charge in [0.2, 0.25) is 5.91 Å². The molecule has 2 aliphatic rings. The summed E-state index contributed by atoms with van der Waals surface area (Å²) in [5, 5.41) is 0. The lowest BCUT2D eigenvalue weighted by Gasteiger charge is -2.33. The van der Waals surface area contributed by atoms with Gasteiger partial charge in [0.1, 0.15) is 11.8 Å². The number of amides is 2. The van der Waals surface area contributed by atoms with E-state index < -0.39 is 6.04 Å². The number of anilines is 1. The Morgan fingerprint density at radius 1 is 1.35 bits per heavy atom. The van der Waals surface area contributed by atoms with Crippen molar-refractivity contribution >= 4 is 29.3 Å². The Kier molecular flexibility index (Phi) is 4.31. The molecule has 1 aromatic carbocycles. The Morgan fingerprint density at radius 3 is 2.81 bits per heavy atom. The number of aryl methyl sites for hydroxylation is 1. The summed E-state index contributed by atoms with van der Waals surface area (Å²) in [5.74, 6) is 1.40. The van der Waals surface area contributed by atoms with Crippen molar-refractivity contribution in [3.05, 3.63) is 54.0 Å². The normalized spacial score (nSPS) is 24.8. The van der Waals surface area contributed by atoms with E-state index in [2.05, 4.69) is 6.92 Å². The first kappa shape index (κ1) is 17.2. The number of carbonyl (C=O) groups is 2. The van der Waals surface area contributed by atoms with E-state index >= 15 is 0 Å². The summed E-state index contributed by atoms with van der Waals surface area (Å²) in [4.78, 5) is 29.2. The van der Waals surface area contributed by atoms with Gasteiger partial charge in [0.25, 0.3) is 5.91 Å². The van der Waals surface area contributed by atoms with Crippen LogP contribution in [0, 0.1) is 6.92 Å². The highest BCUT2D eigenvalue weighted by Gasteiger charge is 2.53. The van der Waals surface area contributed by atoms with E-state index in [1.54, 1.807) is 22.9 Å². The molecule has 3 heterocycles. The van der Waals surface area contributed by atoms with Crippen LogP contribution in [0.4, 0.5) is 5.69 Å². The number of nitrogens with zero attached hydrogens (tertiary/aromatic N) is 2. The number of benzene rings is 1. The van der Waals surface area contributed by atoms with Crippen molar-refractivity contribution < 1.29 is 14.0 Å². The minimum atomic E-state index is -0.420. The van der Waals surface area contributed by atoms with E-state index in [1.165, 1.54) is 0 Å². The molecule has 2 amide bonds. The summed E-state index contributed by atoms with van der Waals surface area (Å²) < 4.78 is 5.47. The van der Waals surface area contributed by atoms with Gasteiger partial charge in [-0.05, 0) is 44.5 Å². The maximum Gasteiger partial charge on any atom is 0.251 e. The van der Waals surface area contributed by atoms with Gasteiger partial charge >= 0.3 is 0 Å². The van der Waals surface area contributed by atoms with Gasteiger partial charge < -0.3 is 14.2 Å². The van der Waals surface area contributed by atoms with Crippen molar-refractivity contribution in [3.8, 4) is 0 Å². The van der Waals surface area contributed by atoms with Crippen molar-refractivity contribution in [2.75, 3.05) is 10.7 Å². The predicted molar refractivity (Wildman–Crippen MR) is 102 cm³/mol. The monoisotopic (exact) mass is 370 g/mol. The van der Waals surface area contributed by atoms with Crippen LogP contribution < -0.4 is 4.90 Å². The Morgan fingerprint density at radius 2 is 2.12 bits per heavy atom. The van der Waals surface area contributed by atoms with Crippen LogP contribution in [0.15, 0.2) is 47.1 Å². The first-order valence-corrected chi connectivity index (χ1v) is 9.83. The van der Waals surface area contributed by atoms with Crippen molar-refractivity contribution in [2.24, 2.45) is 0 Å². The Labute approximate surface area is 157 Å². The van der Waals surface area contributed by atoms with Crippen molar-refractivity contribution in [2.45, 2.75) is 44.1 Å². The van der Waals surface area contributed by atoms with Crippen LogP contribution >= 0.6 is 11.8 Å². The van der Waals surface area contributed by atoms with E-state index in [9.17, 15) is 9.59 Å². The minimum absolute atomic E-state index is 0.0447. The third kappa shape index (κ3) is 2.92. The maximum atomic E-state index is 13.5. The van der Waals surface area contributed by atoms with Crippen molar-refractivity contribution in [1.29, 1.82) is 0 Å². The lowest BCUT2D eigenvalue weighted by molar-refractivity contribution is -0.136. The summed E-state index contributed by atoms with van der Waals surface area (Å²) in [7, 11) is 0. The zero-order chi connectivity index (χ0) is 18.3. The highest BCUT2D eigenvalue weighted by atomic mass is 32.2. The molecule has 1 aromatic heterocycles. The molecule has 4 rings (SSSR count). The molecule has 0 spiro atoms. The van der Waals surface area contributed by atoms with Crippen LogP contribution in [0.1, 0.15) is 31.1 Å². The fraction of sp³-hybridized carbons (Fsp3) is 0.400. The van der Waals surface area contributed by atoms with Gasteiger partial charge in [0, 0.05) is 17.9 Å². The lowest BCUT2D eigenvalue weighted by Crippen LogP contribution is -2.51. The molecule has 0 N–H and O–H groups in total. The third-order valence-electron chi connectivity index (χ3n) is 5.24. The number of thioether (sulfide) groups is 1. The molecule has 6 heteroatoms. The molecule has 0 saturated carbocycles. The molecular formula is C20H22N2O3S. The van der Waals surface area contributed by atoms with Crippen molar-refractivity contribution in [3.63, 3.8) is 0 Å². The number of hydrogen-bond donors (Lipinski definition) is 0. The van der Waals surface area contributed by atoms with E-state index in [0.717, 1.165) is 23.4 Å². The number of fused-ring (bicyclic) bond motifs is 1. The molecule has 0 radical (unpaired) electrons. The SMILES string of the molecule is Cc1ccc(N(Cc2ccco2)C(=O)[C@H]2CS[C@@]3(C)CCC(=O)N23)cc1. The molecule has 2 aromatic rings. The fourth-order valence-corrected chi connectivity index (χ4v) is 5.19. The summed E-state index contributed by atoms with van der Waals surface area (Å²) in [6, 6.07) is 11.1. The van der Waals surface area contributed by atoms with E-state index in [-0.39, 0.29) is 16.7 Å². The average molecular weight is 370 g/mol. The smallest absolute Gasteiger partial charge is 0.251 e. The molecule has 5 nitrogen and oxygen atoms in total. The predicted octanol–water partition coefficient (Wildman–Crippen LogP) is 3.58. The van der Waals surface area contributed by atoms with Gasteiger partial charge in [-0.3, -0.25) is 9.59 Å². The fourth-order valence-electron chi connectivity index (χ4n) is 3.76. The zero-order valence-corrected chi connectivity index (χ0v) is 15.8. The molecule has 2 fully saturated rings. The van der Waals surface area contributed by atoms with Gasteiger partial charge in [-0.25, -0.2) is 0 Å². The second-order valence-electron chi connectivity index (χ2n) is 7.10. The van der Waals surface area contributed by atoms with Crippen LogP contribution in [0.5, 0.6) is 0 Å². The van der Waals surface area contributed by atoms with Crippen molar-refractivity contribution in [1.82, 2.24) is 4.90 Å². The third-order valence-corrected chi connectivity index (χ3v) is 6.74. The molecule has 0 unspecified atom stereocenters. The number of hydrogen-bond acceptors (Lipinski definition) is 4. The maximum absolute atomic E-state index is 13.5. The van der Waals surface area contributed by atoms with Crippen LogP contribution in [-0.4, -0.2) is 33.4 Å². The highest BCUT2D eigenvalue weighted by molar-refractivity contribution is 8.01. The van der Waals surface area contributed by atoms with E-state index in [1.807, 2.05) is 48.2 Å². The summed E-state index contributed by atoms with van der Waals surface area (Å²) in [5.41, 5.74) is 1.96. The number of carbonyl (C=O) groups excluding carboxylic acids is 2. The number of rotatable bonds is 4. The van der Waals surface area contributed by atoms with Crippen LogP contribution in [0.25, 0.3) is 0 Å². The van der Waals surface area contributed by atoms with Gasteiger partial charge in [0.15, 0.2) is 0 Å². The van der Waals surface area contributed by atoms with Gasteiger partial charge in [-0.2, -0.15) is 0 Å². The first-order valence-electron chi connectivity index (χ1n) is 8.84. The Hall–Kier alpha value is -2.21. The molecule has 2 saturated heterocycles. The first-order chi connectivity index (χ1) is 12.5.